The van der Waals surface area contributed by atoms with Gasteiger partial charge in [-0.05, 0) is 26.2 Å². The van der Waals surface area contributed by atoms with Gasteiger partial charge in [0, 0.05) is 29.7 Å². The monoisotopic (exact) mass is 341 g/mol. The Hall–Kier alpha value is -0.840. The Morgan fingerprint density at radius 1 is 1.35 bits per heavy atom. The Morgan fingerprint density at radius 2 is 2.20 bits per heavy atom. The van der Waals surface area contributed by atoms with Gasteiger partial charge in [0.15, 0.2) is 0 Å². The van der Waals surface area contributed by atoms with Crippen molar-refractivity contribution in [3.8, 4) is 5.88 Å². The number of halogens is 1. The Bertz CT molecular complexity index is 428. The van der Waals surface area contributed by atoms with Crippen molar-refractivity contribution in [3.63, 3.8) is 0 Å². The molecule has 2 rings (SSSR count). The van der Waals surface area contributed by atoms with Crippen LogP contribution < -0.4 is 9.64 Å². The Balaban J connectivity index is 2.22. The number of aryl methyl sites for hydroxylation is 1. The number of ether oxygens (including phenoxy) is 1. The summed E-state index contributed by atoms with van der Waals surface area (Å²) in [5.74, 6) is 1.52. The average molecular weight is 342 g/mol. The minimum Gasteiger partial charge on any atom is -0.478 e. The van der Waals surface area contributed by atoms with Gasteiger partial charge in [0.05, 0.1) is 6.61 Å². The zero-order chi connectivity index (χ0) is 14.4. The molecule has 5 heteroatoms. The van der Waals surface area contributed by atoms with Gasteiger partial charge in [-0.25, -0.2) is 4.98 Å². The molecule has 1 fully saturated rings. The van der Waals surface area contributed by atoms with Crippen LogP contribution in [0.25, 0.3) is 0 Å². The van der Waals surface area contributed by atoms with Crippen molar-refractivity contribution in [3.05, 3.63) is 11.8 Å². The van der Waals surface area contributed by atoms with Crippen LogP contribution in [-0.4, -0.2) is 34.5 Å². The van der Waals surface area contributed by atoms with Crippen molar-refractivity contribution in [1.82, 2.24) is 9.97 Å². The molecule has 0 saturated carbocycles. The van der Waals surface area contributed by atoms with Crippen LogP contribution in [0, 0.1) is 6.92 Å². The zero-order valence-electron chi connectivity index (χ0n) is 12.4. The molecule has 0 aliphatic carbocycles. The Kier molecular flexibility index (Phi) is 6.07. The molecule has 112 valence electrons. The largest absolute Gasteiger partial charge is 0.478 e. The van der Waals surface area contributed by atoms with Crippen LogP contribution in [0.2, 0.25) is 0 Å². The molecule has 1 aliphatic heterocycles. The first-order chi connectivity index (χ1) is 9.74. The SMILES string of the molecule is CCCOc1cc(C)nc(N2CCCCCC2CBr)n1. The molecule has 2 heterocycles. The number of hydrogen-bond acceptors (Lipinski definition) is 4. The smallest absolute Gasteiger partial charge is 0.229 e. The lowest BCUT2D eigenvalue weighted by molar-refractivity contribution is 0.304. The molecule has 1 atom stereocenters. The fourth-order valence-electron chi connectivity index (χ4n) is 2.53. The molecule has 0 radical (unpaired) electrons. The third kappa shape index (κ3) is 4.08. The van der Waals surface area contributed by atoms with Gasteiger partial charge in [-0.3, -0.25) is 0 Å². The molecule has 0 aromatic carbocycles. The molecule has 1 aromatic heterocycles. The number of aromatic nitrogens is 2. The third-order valence-corrected chi connectivity index (χ3v) is 4.33. The lowest BCUT2D eigenvalue weighted by atomic mass is 10.1. The van der Waals surface area contributed by atoms with E-state index in [-0.39, 0.29) is 0 Å². The van der Waals surface area contributed by atoms with E-state index in [1.807, 2.05) is 13.0 Å². The molecule has 1 unspecified atom stereocenters. The predicted molar refractivity (Wildman–Crippen MR) is 86.0 cm³/mol. The third-order valence-electron chi connectivity index (χ3n) is 3.59. The van der Waals surface area contributed by atoms with E-state index < -0.39 is 0 Å². The number of rotatable bonds is 5. The summed E-state index contributed by atoms with van der Waals surface area (Å²) in [6.45, 7) is 5.85. The molecule has 4 nitrogen and oxygen atoms in total. The molecule has 0 bridgehead atoms. The van der Waals surface area contributed by atoms with Gasteiger partial charge in [0.2, 0.25) is 11.8 Å². The summed E-state index contributed by atoms with van der Waals surface area (Å²) in [6, 6.07) is 2.40. The fourth-order valence-corrected chi connectivity index (χ4v) is 3.21. The minimum absolute atomic E-state index is 0.485. The van der Waals surface area contributed by atoms with Crippen LogP contribution in [0.15, 0.2) is 6.07 Å². The predicted octanol–water partition coefficient (Wildman–Crippen LogP) is 3.72. The van der Waals surface area contributed by atoms with Crippen LogP contribution in [-0.2, 0) is 0 Å². The molecule has 1 saturated heterocycles. The van der Waals surface area contributed by atoms with Gasteiger partial charge >= 0.3 is 0 Å². The summed E-state index contributed by atoms with van der Waals surface area (Å²) in [7, 11) is 0. The second-order valence-corrected chi connectivity index (χ2v) is 5.99. The van der Waals surface area contributed by atoms with Gasteiger partial charge in [0.1, 0.15) is 0 Å². The van der Waals surface area contributed by atoms with E-state index >= 15 is 0 Å². The van der Waals surface area contributed by atoms with Gasteiger partial charge in [0.25, 0.3) is 0 Å². The maximum absolute atomic E-state index is 5.68. The summed E-state index contributed by atoms with van der Waals surface area (Å²) in [5, 5.41) is 0.968. The number of alkyl halides is 1. The Morgan fingerprint density at radius 3 is 2.95 bits per heavy atom. The summed E-state index contributed by atoms with van der Waals surface area (Å²) in [4.78, 5) is 11.6. The highest BCUT2D eigenvalue weighted by Crippen LogP contribution is 2.24. The highest BCUT2D eigenvalue weighted by molar-refractivity contribution is 9.09. The molecule has 0 N–H and O–H groups in total. The van der Waals surface area contributed by atoms with Gasteiger partial charge in [-0.2, -0.15) is 4.98 Å². The normalized spacial score (nSPS) is 19.8. The van der Waals surface area contributed by atoms with Gasteiger partial charge in [-0.1, -0.05) is 35.7 Å². The minimum atomic E-state index is 0.485. The first-order valence-electron chi connectivity index (χ1n) is 7.55. The molecule has 1 aromatic rings. The quantitative estimate of drug-likeness (QED) is 0.765. The summed E-state index contributed by atoms with van der Waals surface area (Å²) in [6.07, 6.45) is 5.99. The van der Waals surface area contributed by atoms with Gasteiger partial charge < -0.3 is 9.64 Å². The molecule has 1 aliphatic rings. The van der Waals surface area contributed by atoms with Crippen LogP contribution in [0.3, 0.4) is 0 Å². The van der Waals surface area contributed by atoms with E-state index in [9.17, 15) is 0 Å². The van der Waals surface area contributed by atoms with Crippen molar-refractivity contribution < 1.29 is 4.74 Å². The topological polar surface area (TPSA) is 38.2 Å². The summed E-state index contributed by atoms with van der Waals surface area (Å²) < 4.78 is 5.68. The van der Waals surface area contributed by atoms with Crippen molar-refractivity contribution in [2.24, 2.45) is 0 Å². The maximum Gasteiger partial charge on any atom is 0.229 e. The van der Waals surface area contributed by atoms with Crippen LogP contribution >= 0.6 is 15.9 Å². The lowest BCUT2D eigenvalue weighted by Gasteiger charge is -2.29. The van der Waals surface area contributed by atoms with E-state index in [0.717, 1.165) is 29.9 Å². The lowest BCUT2D eigenvalue weighted by Crippen LogP contribution is -2.37. The maximum atomic E-state index is 5.68. The van der Waals surface area contributed by atoms with Crippen molar-refractivity contribution in [2.45, 2.75) is 52.0 Å². The summed E-state index contributed by atoms with van der Waals surface area (Å²) >= 11 is 3.63. The molecular weight excluding hydrogens is 318 g/mol. The molecule has 0 spiro atoms. The molecule has 20 heavy (non-hydrogen) atoms. The number of hydrogen-bond donors (Lipinski definition) is 0. The van der Waals surface area contributed by atoms with E-state index in [0.29, 0.717) is 18.5 Å². The molecular formula is C15H24BrN3O. The highest BCUT2D eigenvalue weighted by Gasteiger charge is 2.23. The number of nitrogens with zero attached hydrogens (tertiary/aromatic N) is 3. The van der Waals surface area contributed by atoms with E-state index in [1.165, 1.54) is 25.7 Å². The van der Waals surface area contributed by atoms with E-state index in [1.54, 1.807) is 0 Å². The van der Waals surface area contributed by atoms with E-state index in [2.05, 4.69) is 37.7 Å². The summed E-state index contributed by atoms with van der Waals surface area (Å²) in [5.41, 5.74) is 0.971. The van der Waals surface area contributed by atoms with Crippen LogP contribution in [0.5, 0.6) is 5.88 Å². The Labute approximate surface area is 130 Å². The van der Waals surface area contributed by atoms with Gasteiger partial charge in [-0.15, -0.1) is 0 Å². The standard InChI is InChI=1S/C15H24BrN3O/c1-3-9-20-14-10-12(2)17-15(18-14)19-8-6-4-5-7-13(19)11-16/h10,13H,3-9,11H2,1-2H3. The molecule has 0 amide bonds. The second-order valence-electron chi connectivity index (χ2n) is 5.35. The zero-order valence-corrected chi connectivity index (χ0v) is 14.0. The highest BCUT2D eigenvalue weighted by atomic mass is 79.9. The first-order valence-corrected chi connectivity index (χ1v) is 8.67. The van der Waals surface area contributed by atoms with Crippen molar-refractivity contribution >= 4 is 21.9 Å². The average Bonchev–Trinajstić information content (AvgIpc) is 2.69. The van der Waals surface area contributed by atoms with E-state index in [4.69, 9.17) is 4.74 Å². The first kappa shape index (κ1) is 15.5. The van der Waals surface area contributed by atoms with Crippen LogP contribution in [0.1, 0.15) is 44.7 Å². The van der Waals surface area contributed by atoms with Crippen molar-refractivity contribution in [1.29, 1.82) is 0 Å². The second kappa shape index (κ2) is 7.81. The fraction of sp³-hybridized carbons (Fsp3) is 0.733. The number of anilines is 1. The van der Waals surface area contributed by atoms with Crippen molar-refractivity contribution in [2.75, 3.05) is 23.4 Å². The van der Waals surface area contributed by atoms with Crippen LogP contribution in [0.4, 0.5) is 5.95 Å².